The second kappa shape index (κ2) is 24.2. The summed E-state index contributed by atoms with van der Waals surface area (Å²) in [5.74, 6) is 0.504. The first-order valence-corrected chi connectivity index (χ1v) is 13.4. The minimum Gasteiger partial charge on any atom is -0.356 e. The Balaban J connectivity index is 3.38. The summed E-state index contributed by atoms with van der Waals surface area (Å²) in [6.07, 6.45) is 13.5. The molecule has 0 atom stereocenters. The largest absolute Gasteiger partial charge is 0.356 e. The first-order valence-electron chi connectivity index (χ1n) is 13.4. The average molecular weight is 483 g/mol. The predicted molar refractivity (Wildman–Crippen MR) is 138 cm³/mol. The second-order valence-electron chi connectivity index (χ2n) is 9.10. The predicted octanol–water partition coefficient (Wildman–Crippen LogP) is 3.39. The molecular weight excluding hydrogens is 432 g/mol. The van der Waals surface area contributed by atoms with Crippen LogP contribution in [0.2, 0.25) is 0 Å². The van der Waals surface area contributed by atoms with Crippen LogP contribution in [0.15, 0.2) is 0 Å². The minimum absolute atomic E-state index is 0.0770. The first kappa shape index (κ1) is 32.0. The lowest BCUT2D eigenvalue weighted by Gasteiger charge is -2.07. The lowest BCUT2D eigenvalue weighted by atomic mass is 10.1. The normalized spacial score (nSPS) is 10.6. The summed E-state index contributed by atoms with van der Waals surface area (Å²) in [5, 5.41) is 11.9. The molecule has 0 unspecified atom stereocenters. The Morgan fingerprint density at radius 3 is 1.09 bits per heavy atom. The van der Waals surface area contributed by atoms with Crippen molar-refractivity contribution in [3.63, 3.8) is 0 Å². The molecule has 0 heterocycles. The Morgan fingerprint density at radius 1 is 0.441 bits per heavy atom. The highest BCUT2D eigenvalue weighted by molar-refractivity contribution is 5.76. The maximum absolute atomic E-state index is 11.9. The highest BCUT2D eigenvalue weighted by Crippen LogP contribution is 2.03. The number of unbranched alkanes of at least 4 members (excludes halogenated alkanes) is 8. The summed E-state index contributed by atoms with van der Waals surface area (Å²) in [6.45, 7) is 4.62. The van der Waals surface area contributed by atoms with Crippen LogP contribution >= 0.6 is 0 Å². The number of carbonyl (C=O) groups is 4. The Morgan fingerprint density at radius 2 is 0.765 bits per heavy atom. The van der Waals surface area contributed by atoms with Crippen LogP contribution in [0.5, 0.6) is 0 Å². The van der Waals surface area contributed by atoms with Crippen molar-refractivity contribution in [3.8, 4) is 0 Å². The number of Topliss-reactive ketones (excluding diaryl/α,β-unsaturated/α-hetero) is 1. The van der Waals surface area contributed by atoms with Crippen LogP contribution < -0.4 is 21.3 Å². The standard InChI is InChI=1S/C26H50N4O4/c1-23(31)15-7-3-12-20-28-25(33)17-9-5-14-22-30-26(34)18-10-6-13-21-29-24(32)16-8-4-11-19-27-2/h27H,3-22H2,1-2H3,(H,28,33)(H,29,32)(H,30,34). The van der Waals surface area contributed by atoms with E-state index in [1.807, 2.05) is 7.05 Å². The Kier molecular flexibility index (Phi) is 22.8. The molecule has 0 fully saturated rings. The quantitative estimate of drug-likeness (QED) is 0.157. The Hall–Kier alpha value is -1.96. The number of carbonyl (C=O) groups excluding carboxylic acids is 4. The van der Waals surface area contributed by atoms with E-state index < -0.39 is 0 Å². The summed E-state index contributed by atoms with van der Waals surface area (Å²) in [6, 6.07) is 0. The van der Waals surface area contributed by atoms with Gasteiger partial charge in [-0.25, -0.2) is 0 Å². The SMILES string of the molecule is CNCCCCCC(=O)NCCCCCC(=O)NCCCCCC(=O)NCCCCCC(C)=O. The van der Waals surface area contributed by atoms with E-state index >= 15 is 0 Å². The lowest BCUT2D eigenvalue weighted by molar-refractivity contribution is -0.122. The number of nitrogens with one attached hydrogen (secondary N) is 4. The smallest absolute Gasteiger partial charge is 0.219 e. The monoisotopic (exact) mass is 482 g/mol. The van der Waals surface area contributed by atoms with Crippen molar-refractivity contribution < 1.29 is 19.2 Å². The Bertz CT molecular complexity index is 555. The maximum Gasteiger partial charge on any atom is 0.219 e. The molecule has 0 spiro atoms. The van der Waals surface area contributed by atoms with Crippen LogP contribution in [0.4, 0.5) is 0 Å². The van der Waals surface area contributed by atoms with Gasteiger partial charge in [0.25, 0.3) is 0 Å². The number of hydrogen-bond acceptors (Lipinski definition) is 5. The minimum atomic E-state index is 0.0770. The first-order chi connectivity index (χ1) is 16.5. The van der Waals surface area contributed by atoms with Crippen LogP contribution in [0.1, 0.15) is 110 Å². The molecule has 8 heteroatoms. The molecule has 0 aromatic rings. The van der Waals surface area contributed by atoms with Gasteiger partial charge in [0, 0.05) is 45.3 Å². The highest BCUT2D eigenvalue weighted by Gasteiger charge is 2.04. The fourth-order valence-electron chi connectivity index (χ4n) is 3.56. The van der Waals surface area contributed by atoms with E-state index in [4.69, 9.17) is 0 Å². The van der Waals surface area contributed by atoms with Gasteiger partial charge in [0.05, 0.1) is 0 Å². The molecule has 0 aliphatic rings. The fourth-order valence-corrected chi connectivity index (χ4v) is 3.56. The van der Waals surface area contributed by atoms with Crippen molar-refractivity contribution in [2.75, 3.05) is 33.2 Å². The van der Waals surface area contributed by atoms with E-state index in [1.54, 1.807) is 6.92 Å². The molecule has 198 valence electrons. The molecule has 0 aromatic carbocycles. The molecule has 0 aromatic heterocycles. The van der Waals surface area contributed by atoms with Crippen molar-refractivity contribution in [3.05, 3.63) is 0 Å². The molecule has 0 saturated heterocycles. The molecule has 0 saturated carbocycles. The summed E-state index contributed by atoms with van der Waals surface area (Å²) in [7, 11) is 1.94. The lowest BCUT2D eigenvalue weighted by Crippen LogP contribution is -2.25. The van der Waals surface area contributed by atoms with E-state index in [2.05, 4.69) is 21.3 Å². The van der Waals surface area contributed by atoms with Gasteiger partial charge >= 0.3 is 0 Å². The summed E-state index contributed by atoms with van der Waals surface area (Å²) in [5.41, 5.74) is 0. The maximum atomic E-state index is 11.9. The number of amides is 3. The third-order valence-electron chi connectivity index (χ3n) is 5.66. The van der Waals surface area contributed by atoms with Gasteiger partial charge in [0.2, 0.25) is 17.7 Å². The Labute approximate surface area is 207 Å². The summed E-state index contributed by atoms with van der Waals surface area (Å²) < 4.78 is 0. The zero-order valence-electron chi connectivity index (χ0n) is 21.8. The fraction of sp³-hybridized carbons (Fsp3) is 0.846. The van der Waals surface area contributed by atoms with Crippen molar-refractivity contribution in [1.82, 2.24) is 21.3 Å². The van der Waals surface area contributed by atoms with Crippen molar-refractivity contribution in [1.29, 1.82) is 0 Å². The third kappa shape index (κ3) is 24.7. The molecule has 0 aliphatic carbocycles. The number of ketones is 1. The van der Waals surface area contributed by atoms with Gasteiger partial charge in [-0.3, -0.25) is 14.4 Å². The van der Waals surface area contributed by atoms with E-state index in [-0.39, 0.29) is 23.5 Å². The van der Waals surface area contributed by atoms with Crippen molar-refractivity contribution in [2.45, 2.75) is 110 Å². The van der Waals surface area contributed by atoms with Crippen LogP contribution in [0.25, 0.3) is 0 Å². The second-order valence-corrected chi connectivity index (χ2v) is 9.10. The molecule has 3 amide bonds. The van der Waals surface area contributed by atoms with Gasteiger partial charge in [0.1, 0.15) is 5.78 Å². The van der Waals surface area contributed by atoms with E-state index in [0.717, 1.165) is 83.6 Å². The van der Waals surface area contributed by atoms with Crippen molar-refractivity contribution >= 4 is 23.5 Å². The molecular formula is C26H50N4O4. The van der Waals surface area contributed by atoms with E-state index in [9.17, 15) is 19.2 Å². The van der Waals surface area contributed by atoms with Crippen LogP contribution in [0, 0.1) is 0 Å². The molecule has 0 aliphatic heterocycles. The number of rotatable bonds is 24. The zero-order chi connectivity index (χ0) is 25.3. The van der Waals surface area contributed by atoms with Gasteiger partial charge in [0.15, 0.2) is 0 Å². The topological polar surface area (TPSA) is 116 Å². The molecule has 34 heavy (non-hydrogen) atoms. The zero-order valence-corrected chi connectivity index (χ0v) is 21.8. The summed E-state index contributed by atoms with van der Waals surface area (Å²) in [4.78, 5) is 46.2. The average Bonchev–Trinajstić information content (AvgIpc) is 2.80. The van der Waals surface area contributed by atoms with Gasteiger partial charge < -0.3 is 26.1 Å². The van der Waals surface area contributed by atoms with Crippen molar-refractivity contribution in [2.24, 2.45) is 0 Å². The van der Waals surface area contributed by atoms with Gasteiger partial charge in [-0.15, -0.1) is 0 Å². The molecule has 0 bridgehead atoms. The van der Waals surface area contributed by atoms with Gasteiger partial charge in [-0.2, -0.15) is 0 Å². The van der Waals surface area contributed by atoms with Crippen LogP contribution in [-0.2, 0) is 19.2 Å². The highest BCUT2D eigenvalue weighted by atomic mass is 16.2. The van der Waals surface area contributed by atoms with Crippen LogP contribution in [0.3, 0.4) is 0 Å². The molecule has 4 N–H and O–H groups in total. The molecule has 8 nitrogen and oxygen atoms in total. The van der Waals surface area contributed by atoms with Gasteiger partial charge in [-0.1, -0.05) is 25.7 Å². The molecule has 0 radical (unpaired) electrons. The van der Waals surface area contributed by atoms with Gasteiger partial charge in [-0.05, 0) is 71.9 Å². The van der Waals surface area contributed by atoms with E-state index in [0.29, 0.717) is 45.3 Å². The third-order valence-corrected chi connectivity index (χ3v) is 5.66. The molecule has 0 rings (SSSR count). The van der Waals surface area contributed by atoms with Crippen LogP contribution in [-0.4, -0.2) is 56.7 Å². The summed E-state index contributed by atoms with van der Waals surface area (Å²) >= 11 is 0. The number of hydrogen-bond donors (Lipinski definition) is 4. The van der Waals surface area contributed by atoms with E-state index in [1.165, 1.54) is 0 Å².